The van der Waals surface area contributed by atoms with Gasteiger partial charge in [-0.05, 0) is 19.3 Å². The van der Waals surface area contributed by atoms with Gasteiger partial charge in [0, 0.05) is 25.8 Å². The number of fused-ring (bicyclic) bond motifs is 2. The van der Waals surface area contributed by atoms with E-state index < -0.39 is 0 Å². The topological polar surface area (TPSA) is 0 Å². The van der Waals surface area contributed by atoms with E-state index in [2.05, 4.69) is 38.1 Å². The summed E-state index contributed by atoms with van der Waals surface area (Å²) in [6.45, 7) is 4.60. The Morgan fingerprint density at radius 2 is 1.88 bits per heavy atom. The Hall–Kier alpha value is -0.300. The molecule has 0 amide bonds. The molecule has 1 aliphatic rings. The number of benzene rings is 1. The van der Waals surface area contributed by atoms with Crippen molar-refractivity contribution in [2.75, 3.05) is 0 Å². The predicted octanol–water partition coefficient (Wildman–Crippen LogP) is 4.24. The van der Waals surface area contributed by atoms with Gasteiger partial charge < -0.3 is 0 Å². The predicted molar refractivity (Wildman–Crippen MR) is 70.1 cm³/mol. The molecule has 1 heteroatoms. The van der Waals surface area contributed by atoms with Crippen molar-refractivity contribution in [1.29, 1.82) is 0 Å². The molecule has 0 bridgehead atoms. The van der Waals surface area contributed by atoms with Crippen LogP contribution in [-0.2, 0) is 45.1 Å². The number of rotatable bonds is 2. The van der Waals surface area contributed by atoms with Gasteiger partial charge in [0.05, 0.1) is 0 Å². The summed E-state index contributed by atoms with van der Waals surface area (Å²) in [5, 5.41) is 2.96. The van der Waals surface area contributed by atoms with E-state index in [9.17, 15) is 0 Å². The summed E-state index contributed by atoms with van der Waals surface area (Å²) >= 11 is 0. The molecule has 0 radical (unpaired) electrons. The molecule has 17 heavy (non-hydrogen) atoms. The van der Waals surface area contributed by atoms with Crippen LogP contribution in [0.15, 0.2) is 24.3 Å². The standard InChI is InChI=1S/C16H19.Hf/c1-11(2)8-14-6-7-15-9-12-4-3-5-13(12)10-16(14)15;/h6-7,9-11H,3-5,8H2,1-2H3;/q-1;. The molecular formula is C16H19Hf-. The first-order chi connectivity index (χ1) is 7.74. The SMILES string of the molecule is CC(C)C[c-]1ccc2cc3c(cc21)CCC3.[Hf]. The van der Waals surface area contributed by atoms with Gasteiger partial charge in [0.2, 0.25) is 0 Å². The normalized spacial score (nSPS) is 14.1. The average molecular weight is 390 g/mol. The third kappa shape index (κ3) is 2.45. The molecule has 0 nitrogen and oxygen atoms in total. The van der Waals surface area contributed by atoms with Gasteiger partial charge >= 0.3 is 0 Å². The Bertz CT molecular complexity index is 520. The minimum absolute atomic E-state index is 0. The smallest absolute Gasteiger partial charge is 0 e. The average Bonchev–Trinajstić information content (AvgIpc) is 2.81. The molecule has 0 N–H and O–H groups in total. The Balaban J connectivity index is 0.00000108. The maximum absolute atomic E-state index is 2.45. The van der Waals surface area contributed by atoms with Crippen molar-refractivity contribution in [3.63, 3.8) is 0 Å². The van der Waals surface area contributed by atoms with E-state index in [0.29, 0.717) is 0 Å². The van der Waals surface area contributed by atoms with Crippen molar-refractivity contribution < 1.29 is 25.8 Å². The van der Waals surface area contributed by atoms with Crippen LogP contribution in [-0.4, -0.2) is 0 Å². The molecule has 0 unspecified atom stereocenters. The number of aryl methyl sites for hydroxylation is 2. The van der Waals surface area contributed by atoms with Gasteiger partial charge in [0.25, 0.3) is 0 Å². The molecule has 1 aliphatic carbocycles. The van der Waals surface area contributed by atoms with Crippen LogP contribution in [0, 0.1) is 5.92 Å². The van der Waals surface area contributed by atoms with E-state index in [0.717, 1.165) is 5.92 Å². The third-order valence-corrected chi connectivity index (χ3v) is 3.70. The van der Waals surface area contributed by atoms with Crippen LogP contribution in [0.4, 0.5) is 0 Å². The van der Waals surface area contributed by atoms with Gasteiger partial charge in [-0.1, -0.05) is 37.3 Å². The zero-order valence-corrected chi connectivity index (χ0v) is 14.3. The van der Waals surface area contributed by atoms with Crippen LogP contribution in [0.2, 0.25) is 0 Å². The summed E-state index contributed by atoms with van der Waals surface area (Å²) in [5.74, 6) is 0.749. The second-order valence-electron chi connectivity index (χ2n) is 5.52. The summed E-state index contributed by atoms with van der Waals surface area (Å²) in [6.07, 6.45) is 5.14. The molecule has 88 valence electrons. The van der Waals surface area contributed by atoms with Gasteiger partial charge in [0.1, 0.15) is 0 Å². The van der Waals surface area contributed by atoms with E-state index in [4.69, 9.17) is 0 Å². The quantitative estimate of drug-likeness (QED) is 0.532. The molecular weight excluding hydrogens is 371 g/mol. The summed E-state index contributed by atoms with van der Waals surface area (Å²) < 4.78 is 0. The molecule has 0 spiro atoms. The van der Waals surface area contributed by atoms with Crippen molar-refractivity contribution in [2.45, 2.75) is 39.5 Å². The Morgan fingerprint density at radius 3 is 2.59 bits per heavy atom. The largest absolute Gasteiger partial charge is 0.168 e. The first-order valence-corrected chi connectivity index (χ1v) is 6.44. The fourth-order valence-electron chi connectivity index (χ4n) is 2.96. The van der Waals surface area contributed by atoms with Crippen LogP contribution < -0.4 is 0 Å². The van der Waals surface area contributed by atoms with Gasteiger partial charge in [-0.3, -0.25) is 0 Å². The molecule has 2 aromatic rings. The summed E-state index contributed by atoms with van der Waals surface area (Å²) in [4.78, 5) is 0. The summed E-state index contributed by atoms with van der Waals surface area (Å²) in [5.41, 5.74) is 4.73. The van der Waals surface area contributed by atoms with E-state index in [1.54, 1.807) is 16.7 Å². The minimum atomic E-state index is 0. The molecule has 3 rings (SSSR count). The Morgan fingerprint density at radius 1 is 1.18 bits per heavy atom. The van der Waals surface area contributed by atoms with Crippen molar-refractivity contribution in [3.05, 3.63) is 41.0 Å². The van der Waals surface area contributed by atoms with E-state index in [1.807, 2.05) is 0 Å². The van der Waals surface area contributed by atoms with Gasteiger partial charge in [0.15, 0.2) is 0 Å². The molecule has 0 fully saturated rings. The van der Waals surface area contributed by atoms with Gasteiger partial charge in [-0.2, -0.15) is 6.07 Å². The molecule has 0 atom stereocenters. The monoisotopic (exact) mass is 391 g/mol. The van der Waals surface area contributed by atoms with Crippen molar-refractivity contribution in [1.82, 2.24) is 0 Å². The van der Waals surface area contributed by atoms with Crippen LogP contribution in [0.3, 0.4) is 0 Å². The van der Waals surface area contributed by atoms with Crippen LogP contribution >= 0.6 is 0 Å². The summed E-state index contributed by atoms with van der Waals surface area (Å²) in [6, 6.07) is 9.49. The number of hydrogen-bond acceptors (Lipinski definition) is 0. The first kappa shape index (κ1) is 13.1. The van der Waals surface area contributed by atoms with Gasteiger partial charge in [-0.25, -0.2) is 0 Å². The van der Waals surface area contributed by atoms with Crippen LogP contribution in [0.1, 0.15) is 37.0 Å². The molecule has 0 aliphatic heterocycles. The molecule has 0 heterocycles. The maximum Gasteiger partial charge on any atom is 0 e. The van der Waals surface area contributed by atoms with Crippen molar-refractivity contribution in [2.24, 2.45) is 5.92 Å². The summed E-state index contributed by atoms with van der Waals surface area (Å²) in [7, 11) is 0. The Labute approximate surface area is 123 Å². The van der Waals surface area contributed by atoms with Crippen molar-refractivity contribution in [3.8, 4) is 0 Å². The van der Waals surface area contributed by atoms with E-state index in [1.165, 1.54) is 36.5 Å². The van der Waals surface area contributed by atoms with Crippen molar-refractivity contribution >= 4 is 10.8 Å². The fraction of sp³-hybridized carbons (Fsp3) is 0.438. The first-order valence-electron chi connectivity index (χ1n) is 6.44. The zero-order valence-electron chi connectivity index (χ0n) is 10.7. The molecule has 0 saturated heterocycles. The van der Waals surface area contributed by atoms with E-state index in [-0.39, 0.29) is 25.8 Å². The van der Waals surface area contributed by atoms with Crippen LogP contribution in [0.5, 0.6) is 0 Å². The molecule has 0 saturated carbocycles. The Kier molecular flexibility index (Phi) is 3.97. The van der Waals surface area contributed by atoms with Gasteiger partial charge in [-0.15, -0.1) is 34.5 Å². The zero-order chi connectivity index (χ0) is 11.1. The molecule has 0 aromatic heterocycles. The fourth-order valence-corrected chi connectivity index (χ4v) is 2.96. The number of hydrogen-bond donors (Lipinski definition) is 0. The maximum atomic E-state index is 2.45. The minimum Gasteiger partial charge on any atom is -0.168 e. The third-order valence-electron chi connectivity index (χ3n) is 3.70. The molecule has 2 aromatic carbocycles. The second-order valence-corrected chi connectivity index (χ2v) is 5.52. The second kappa shape index (κ2) is 5.14. The van der Waals surface area contributed by atoms with Crippen LogP contribution in [0.25, 0.3) is 10.8 Å². The van der Waals surface area contributed by atoms with E-state index >= 15 is 0 Å².